The number of anilines is 1. The van der Waals surface area contributed by atoms with E-state index < -0.39 is 35.3 Å². The van der Waals surface area contributed by atoms with Gasteiger partial charge in [0.25, 0.3) is 5.91 Å². The summed E-state index contributed by atoms with van der Waals surface area (Å²) in [6, 6.07) is 2.18. The second-order valence-electron chi connectivity index (χ2n) is 8.96. The summed E-state index contributed by atoms with van der Waals surface area (Å²) in [5.74, 6) is -0.675. The van der Waals surface area contributed by atoms with Crippen molar-refractivity contribution < 1.29 is 29.1 Å². The molecule has 0 radical (unpaired) electrons. The molecule has 0 saturated carbocycles. The number of fused-ring (bicyclic) bond motifs is 1. The van der Waals surface area contributed by atoms with Crippen molar-refractivity contribution in [2.45, 2.75) is 72.1 Å². The van der Waals surface area contributed by atoms with E-state index in [9.17, 15) is 19.5 Å². The van der Waals surface area contributed by atoms with Gasteiger partial charge in [0, 0.05) is 17.0 Å². The van der Waals surface area contributed by atoms with Crippen LogP contribution >= 0.6 is 11.6 Å². The van der Waals surface area contributed by atoms with E-state index in [0.717, 1.165) is 9.96 Å². The smallest absolute Gasteiger partial charge is 0.465 e. The summed E-state index contributed by atoms with van der Waals surface area (Å²) in [4.78, 5) is 43.8. The quantitative estimate of drug-likeness (QED) is 0.697. The molecule has 1 unspecified atom stereocenters. The van der Waals surface area contributed by atoms with E-state index in [2.05, 4.69) is 0 Å². The second kappa shape index (κ2) is 7.74. The monoisotopic (exact) mass is 426 g/mol. The van der Waals surface area contributed by atoms with Crippen LogP contribution in [-0.4, -0.2) is 45.3 Å². The van der Waals surface area contributed by atoms with Crippen LogP contribution in [0, 0.1) is 6.92 Å². The third-order valence-corrected chi connectivity index (χ3v) is 4.46. The van der Waals surface area contributed by atoms with Crippen molar-refractivity contribution in [1.29, 1.82) is 0 Å². The first-order valence-corrected chi connectivity index (χ1v) is 9.56. The topological polar surface area (TPSA) is 96.4 Å². The van der Waals surface area contributed by atoms with Crippen LogP contribution in [0.15, 0.2) is 12.1 Å². The van der Waals surface area contributed by atoms with Gasteiger partial charge in [-0.3, -0.25) is 14.5 Å². The van der Waals surface area contributed by atoms with Crippen molar-refractivity contribution in [2.75, 3.05) is 5.06 Å². The van der Waals surface area contributed by atoms with Crippen LogP contribution in [0.2, 0.25) is 5.02 Å². The zero-order chi connectivity index (χ0) is 22.3. The summed E-state index contributed by atoms with van der Waals surface area (Å²) in [5, 5.41) is 11.0. The number of nitrogens with zero attached hydrogens (tertiary/aromatic N) is 2. The summed E-state index contributed by atoms with van der Waals surface area (Å²) >= 11 is 6.17. The van der Waals surface area contributed by atoms with Crippen LogP contribution in [-0.2, 0) is 20.8 Å². The Kier molecular flexibility index (Phi) is 6.09. The van der Waals surface area contributed by atoms with Gasteiger partial charge in [-0.05, 0) is 71.7 Å². The number of ether oxygens (including phenoxy) is 1. The first kappa shape index (κ1) is 22.8. The summed E-state index contributed by atoms with van der Waals surface area (Å²) in [6.07, 6.45) is -2.22. The Morgan fingerprint density at radius 3 is 2.28 bits per heavy atom. The van der Waals surface area contributed by atoms with E-state index >= 15 is 0 Å². The molecule has 160 valence electrons. The van der Waals surface area contributed by atoms with E-state index in [1.165, 1.54) is 0 Å². The average Bonchev–Trinajstić information content (AvgIpc) is 2.47. The highest BCUT2D eigenvalue weighted by Crippen LogP contribution is 2.37. The highest BCUT2D eigenvalue weighted by molar-refractivity contribution is 6.31. The lowest BCUT2D eigenvalue weighted by Gasteiger charge is -2.43. The number of carboxylic acid groups (broad SMARTS) is 1. The van der Waals surface area contributed by atoms with Gasteiger partial charge >= 0.3 is 12.2 Å². The standard InChI is InChI=1S/C20H27ClN2O6/c1-11-8-13(21)9-12-10-14(22(17(25)26)19(2,3)4)16(24)23(15(11)12)29-18(27)28-20(5,6)7/h8-9,14H,10H2,1-7H3,(H,25,26). The predicted octanol–water partition coefficient (Wildman–Crippen LogP) is 4.55. The number of halogens is 1. The first-order chi connectivity index (χ1) is 13.1. The number of amides is 2. The van der Waals surface area contributed by atoms with E-state index in [4.69, 9.17) is 21.2 Å². The molecule has 2 amide bonds. The minimum Gasteiger partial charge on any atom is -0.465 e. The maximum atomic E-state index is 13.3. The number of rotatable bonds is 2. The lowest BCUT2D eigenvalue weighted by atomic mass is 9.92. The SMILES string of the molecule is Cc1cc(Cl)cc2c1N(OC(=O)OC(C)(C)C)C(=O)C(N(C(=O)O)C(C)(C)C)C2. The maximum Gasteiger partial charge on any atom is 0.534 e. The van der Waals surface area contributed by atoms with E-state index in [-0.39, 0.29) is 6.42 Å². The first-order valence-electron chi connectivity index (χ1n) is 9.18. The Labute approximate surface area is 175 Å². The van der Waals surface area contributed by atoms with Crippen LogP contribution in [0.25, 0.3) is 0 Å². The van der Waals surface area contributed by atoms with Crippen molar-refractivity contribution in [3.8, 4) is 0 Å². The van der Waals surface area contributed by atoms with Gasteiger partial charge in [0.05, 0.1) is 5.69 Å². The number of carbonyl (C=O) groups is 3. The van der Waals surface area contributed by atoms with E-state index in [1.807, 2.05) is 0 Å². The number of hydrogen-bond donors (Lipinski definition) is 1. The fourth-order valence-corrected chi connectivity index (χ4v) is 3.61. The van der Waals surface area contributed by atoms with Crippen molar-refractivity contribution in [3.05, 3.63) is 28.3 Å². The third-order valence-electron chi connectivity index (χ3n) is 4.24. The van der Waals surface area contributed by atoms with Gasteiger partial charge in [0.1, 0.15) is 11.6 Å². The molecule has 1 atom stereocenters. The predicted molar refractivity (Wildman–Crippen MR) is 108 cm³/mol. The number of hydroxylamine groups is 1. The Balaban J connectivity index is 2.55. The Bertz CT molecular complexity index is 841. The minimum atomic E-state index is -1.25. The zero-order valence-corrected chi connectivity index (χ0v) is 18.5. The molecule has 9 heteroatoms. The molecule has 0 saturated heterocycles. The van der Waals surface area contributed by atoms with Crippen molar-refractivity contribution in [1.82, 2.24) is 4.90 Å². The van der Waals surface area contributed by atoms with E-state index in [0.29, 0.717) is 21.8 Å². The number of benzene rings is 1. The summed E-state index contributed by atoms with van der Waals surface area (Å²) in [6.45, 7) is 11.8. The van der Waals surface area contributed by atoms with Crippen LogP contribution < -0.4 is 5.06 Å². The van der Waals surface area contributed by atoms with Crippen LogP contribution in [0.4, 0.5) is 15.3 Å². The zero-order valence-electron chi connectivity index (χ0n) is 17.7. The molecule has 0 aromatic heterocycles. The number of hydrogen-bond acceptors (Lipinski definition) is 5. The van der Waals surface area contributed by atoms with Crippen molar-refractivity contribution in [2.24, 2.45) is 0 Å². The van der Waals surface area contributed by atoms with Gasteiger partial charge in [-0.2, -0.15) is 0 Å². The second-order valence-corrected chi connectivity index (χ2v) is 9.40. The van der Waals surface area contributed by atoms with Crippen LogP contribution in [0.5, 0.6) is 0 Å². The van der Waals surface area contributed by atoms with Gasteiger partial charge in [-0.1, -0.05) is 11.6 Å². The molecule has 1 aliphatic heterocycles. The molecular weight excluding hydrogens is 400 g/mol. The van der Waals surface area contributed by atoms with Crippen LogP contribution in [0.1, 0.15) is 52.7 Å². The summed E-state index contributed by atoms with van der Waals surface area (Å²) in [7, 11) is 0. The normalized spacial score (nSPS) is 16.9. The molecule has 1 aromatic rings. The van der Waals surface area contributed by atoms with Gasteiger partial charge in [-0.15, -0.1) is 5.06 Å². The Morgan fingerprint density at radius 1 is 1.21 bits per heavy atom. The molecule has 0 aliphatic carbocycles. The largest absolute Gasteiger partial charge is 0.534 e. The third kappa shape index (κ3) is 5.12. The molecule has 8 nitrogen and oxygen atoms in total. The molecule has 2 rings (SSSR count). The molecule has 1 heterocycles. The van der Waals surface area contributed by atoms with Gasteiger partial charge in [-0.25, -0.2) is 9.59 Å². The molecule has 29 heavy (non-hydrogen) atoms. The highest BCUT2D eigenvalue weighted by Gasteiger charge is 2.45. The Hall–Kier alpha value is -2.48. The summed E-state index contributed by atoms with van der Waals surface area (Å²) in [5.41, 5.74) is -0.125. The van der Waals surface area contributed by atoms with Crippen molar-refractivity contribution >= 4 is 35.4 Å². The summed E-state index contributed by atoms with van der Waals surface area (Å²) < 4.78 is 5.17. The van der Waals surface area contributed by atoms with Crippen LogP contribution in [0.3, 0.4) is 0 Å². The van der Waals surface area contributed by atoms with Crippen molar-refractivity contribution in [3.63, 3.8) is 0 Å². The number of carbonyl (C=O) groups excluding carboxylic acids is 2. The van der Waals surface area contributed by atoms with Gasteiger partial charge < -0.3 is 9.84 Å². The fourth-order valence-electron chi connectivity index (χ4n) is 3.32. The fraction of sp³-hybridized carbons (Fsp3) is 0.550. The molecule has 0 fully saturated rings. The van der Waals surface area contributed by atoms with Gasteiger partial charge in [0.2, 0.25) is 0 Å². The molecule has 1 aliphatic rings. The lowest BCUT2D eigenvalue weighted by molar-refractivity contribution is -0.133. The maximum absolute atomic E-state index is 13.3. The number of aryl methyl sites for hydroxylation is 1. The Morgan fingerprint density at radius 2 is 1.79 bits per heavy atom. The lowest BCUT2D eigenvalue weighted by Crippen LogP contribution is -2.60. The highest BCUT2D eigenvalue weighted by atomic mass is 35.5. The molecule has 1 aromatic carbocycles. The minimum absolute atomic E-state index is 0.104. The molecular formula is C20H27ClN2O6. The molecule has 0 bridgehead atoms. The van der Waals surface area contributed by atoms with E-state index in [1.54, 1.807) is 60.6 Å². The average molecular weight is 427 g/mol. The molecule has 0 spiro atoms. The molecule has 1 N–H and O–H groups in total. The van der Waals surface area contributed by atoms with Gasteiger partial charge in [0.15, 0.2) is 0 Å².